The van der Waals surface area contributed by atoms with E-state index >= 15 is 0 Å². The predicted octanol–water partition coefficient (Wildman–Crippen LogP) is 1.93. The number of phenolic OH excluding ortho intramolecular Hbond substituents is 1. The molecule has 6 heteroatoms. The Morgan fingerprint density at radius 3 is 2.50 bits per heavy atom. The van der Waals surface area contributed by atoms with Gasteiger partial charge in [-0.3, -0.25) is 9.59 Å². The molecule has 0 heterocycles. The van der Waals surface area contributed by atoms with Crippen molar-refractivity contribution in [2.75, 3.05) is 5.32 Å². The number of carbonyl (C=O) groups excluding carboxylic acids is 2. The number of phenols is 1. The molecule has 2 N–H and O–H groups in total. The highest BCUT2D eigenvalue weighted by Gasteiger charge is 2.11. The van der Waals surface area contributed by atoms with E-state index < -0.39 is 5.97 Å². The fourth-order valence-corrected chi connectivity index (χ4v) is 1.29. The summed E-state index contributed by atoms with van der Waals surface area (Å²) < 4.78 is 4.79. The lowest BCUT2D eigenvalue weighted by atomic mass is 10.2. The summed E-state index contributed by atoms with van der Waals surface area (Å²) in [7, 11) is 0. The average molecular weight is 244 g/mol. The van der Waals surface area contributed by atoms with Gasteiger partial charge in [-0.05, 0) is 0 Å². The molecule has 1 amide bonds. The standard InChI is InChI=1S/C10H10ClNO4/c1-5(13)12-9-4-7(16-6(2)14)3-8(11)10(9)15/h3-4,15H,1-2H3,(H,12,13). The van der Waals surface area contributed by atoms with Gasteiger partial charge >= 0.3 is 5.97 Å². The van der Waals surface area contributed by atoms with Gasteiger partial charge in [0.15, 0.2) is 5.75 Å². The summed E-state index contributed by atoms with van der Waals surface area (Å²) in [6.07, 6.45) is 0. The summed E-state index contributed by atoms with van der Waals surface area (Å²) in [5, 5.41) is 11.9. The molecule has 0 unspecified atom stereocenters. The largest absolute Gasteiger partial charge is 0.504 e. The smallest absolute Gasteiger partial charge is 0.308 e. The lowest BCUT2D eigenvalue weighted by Gasteiger charge is -2.09. The first-order chi connectivity index (χ1) is 7.40. The maximum absolute atomic E-state index is 10.8. The van der Waals surface area contributed by atoms with Crippen molar-refractivity contribution in [2.24, 2.45) is 0 Å². The zero-order chi connectivity index (χ0) is 12.3. The van der Waals surface area contributed by atoms with Crippen molar-refractivity contribution in [3.05, 3.63) is 17.2 Å². The van der Waals surface area contributed by atoms with Gasteiger partial charge in [0.2, 0.25) is 5.91 Å². The van der Waals surface area contributed by atoms with Crippen LogP contribution in [0.5, 0.6) is 11.5 Å². The molecule has 0 aromatic heterocycles. The van der Waals surface area contributed by atoms with Crippen LogP contribution in [0.15, 0.2) is 12.1 Å². The van der Waals surface area contributed by atoms with Crippen molar-refractivity contribution in [3.8, 4) is 11.5 Å². The lowest BCUT2D eigenvalue weighted by molar-refractivity contribution is -0.131. The number of hydrogen-bond donors (Lipinski definition) is 2. The first-order valence-electron chi connectivity index (χ1n) is 4.38. The summed E-state index contributed by atoms with van der Waals surface area (Å²) in [6, 6.07) is 2.59. The summed E-state index contributed by atoms with van der Waals surface area (Å²) in [6.45, 7) is 2.52. The topological polar surface area (TPSA) is 75.6 Å². The Balaban J connectivity index is 3.11. The van der Waals surface area contributed by atoms with E-state index in [1.54, 1.807) is 0 Å². The van der Waals surface area contributed by atoms with Crippen LogP contribution in [0.25, 0.3) is 0 Å². The minimum Gasteiger partial charge on any atom is -0.504 e. The number of rotatable bonds is 2. The van der Waals surface area contributed by atoms with Crippen LogP contribution in [0.4, 0.5) is 5.69 Å². The van der Waals surface area contributed by atoms with Crippen molar-refractivity contribution in [3.63, 3.8) is 0 Å². The molecule has 0 bridgehead atoms. The second kappa shape index (κ2) is 4.85. The third kappa shape index (κ3) is 3.13. The SMILES string of the molecule is CC(=O)Nc1cc(OC(C)=O)cc(Cl)c1O. The molecule has 1 aromatic carbocycles. The maximum atomic E-state index is 10.8. The van der Waals surface area contributed by atoms with Crippen LogP contribution in [-0.2, 0) is 9.59 Å². The zero-order valence-electron chi connectivity index (χ0n) is 8.70. The van der Waals surface area contributed by atoms with Crippen LogP contribution in [0.2, 0.25) is 5.02 Å². The quantitative estimate of drug-likeness (QED) is 0.473. The lowest BCUT2D eigenvalue weighted by Crippen LogP contribution is -2.07. The number of benzene rings is 1. The van der Waals surface area contributed by atoms with Gasteiger partial charge in [-0.15, -0.1) is 0 Å². The molecule has 0 fully saturated rings. The molecule has 0 spiro atoms. The molecule has 0 aliphatic rings. The Morgan fingerprint density at radius 2 is 2.00 bits per heavy atom. The van der Waals surface area contributed by atoms with Crippen molar-refractivity contribution in [1.29, 1.82) is 0 Å². The molecular weight excluding hydrogens is 234 g/mol. The van der Waals surface area contributed by atoms with Crippen molar-refractivity contribution in [2.45, 2.75) is 13.8 Å². The second-order valence-electron chi connectivity index (χ2n) is 3.08. The summed E-state index contributed by atoms with van der Waals surface area (Å²) >= 11 is 5.69. The summed E-state index contributed by atoms with van der Waals surface area (Å²) in [5.41, 5.74) is 0.0938. The molecule has 1 rings (SSSR count). The zero-order valence-corrected chi connectivity index (χ0v) is 9.46. The van der Waals surface area contributed by atoms with Gasteiger partial charge in [-0.1, -0.05) is 11.6 Å². The van der Waals surface area contributed by atoms with E-state index in [0.717, 1.165) is 0 Å². The molecule has 0 aliphatic heterocycles. The molecule has 1 aromatic rings. The molecule has 5 nitrogen and oxygen atoms in total. The predicted molar refractivity (Wildman–Crippen MR) is 58.7 cm³/mol. The Bertz CT molecular complexity index is 445. The Labute approximate surface area is 97.0 Å². The Morgan fingerprint density at radius 1 is 1.38 bits per heavy atom. The fraction of sp³-hybridized carbons (Fsp3) is 0.200. The van der Waals surface area contributed by atoms with Gasteiger partial charge in [0, 0.05) is 26.0 Å². The number of amides is 1. The van der Waals surface area contributed by atoms with E-state index in [2.05, 4.69) is 5.32 Å². The van der Waals surface area contributed by atoms with Gasteiger partial charge in [0.05, 0.1) is 10.7 Å². The molecular formula is C10H10ClNO4. The van der Waals surface area contributed by atoms with E-state index in [1.165, 1.54) is 26.0 Å². The number of halogens is 1. The van der Waals surface area contributed by atoms with E-state index in [4.69, 9.17) is 16.3 Å². The number of esters is 1. The first-order valence-corrected chi connectivity index (χ1v) is 4.76. The van der Waals surface area contributed by atoms with Crippen molar-refractivity contribution < 1.29 is 19.4 Å². The van der Waals surface area contributed by atoms with Gasteiger partial charge in [-0.2, -0.15) is 0 Å². The molecule has 0 radical (unpaired) electrons. The number of anilines is 1. The van der Waals surface area contributed by atoms with Crippen molar-refractivity contribution in [1.82, 2.24) is 0 Å². The van der Waals surface area contributed by atoms with Crippen LogP contribution in [0, 0.1) is 0 Å². The summed E-state index contributed by atoms with van der Waals surface area (Å²) in [4.78, 5) is 21.6. The second-order valence-corrected chi connectivity index (χ2v) is 3.48. The summed E-state index contributed by atoms with van der Waals surface area (Å²) in [5.74, 6) is -1.01. The van der Waals surface area contributed by atoms with Gasteiger partial charge in [0.1, 0.15) is 5.75 Å². The Hall–Kier alpha value is -1.75. The molecule has 0 saturated heterocycles. The highest BCUT2D eigenvalue weighted by molar-refractivity contribution is 6.32. The Kier molecular flexibility index (Phi) is 3.73. The van der Waals surface area contributed by atoms with Gasteiger partial charge in [0.25, 0.3) is 0 Å². The third-order valence-electron chi connectivity index (χ3n) is 1.61. The van der Waals surface area contributed by atoms with Gasteiger partial charge in [-0.25, -0.2) is 0 Å². The molecule has 86 valence electrons. The monoisotopic (exact) mass is 243 g/mol. The van der Waals surface area contributed by atoms with E-state index in [0.29, 0.717) is 0 Å². The molecule has 0 atom stereocenters. The van der Waals surface area contributed by atoms with Crippen LogP contribution in [0.3, 0.4) is 0 Å². The number of hydrogen-bond acceptors (Lipinski definition) is 4. The minimum atomic E-state index is -0.518. The molecule has 16 heavy (non-hydrogen) atoms. The molecule has 0 aliphatic carbocycles. The van der Waals surface area contributed by atoms with Crippen LogP contribution < -0.4 is 10.1 Å². The molecule has 0 saturated carbocycles. The fourth-order valence-electron chi connectivity index (χ4n) is 1.08. The third-order valence-corrected chi connectivity index (χ3v) is 1.90. The minimum absolute atomic E-state index is 0.0116. The van der Waals surface area contributed by atoms with E-state index in [-0.39, 0.29) is 28.1 Å². The number of aromatic hydroxyl groups is 1. The highest BCUT2D eigenvalue weighted by Crippen LogP contribution is 2.36. The van der Waals surface area contributed by atoms with Gasteiger partial charge < -0.3 is 15.2 Å². The number of carbonyl (C=O) groups is 2. The van der Waals surface area contributed by atoms with E-state index in [9.17, 15) is 14.7 Å². The van der Waals surface area contributed by atoms with Crippen LogP contribution in [-0.4, -0.2) is 17.0 Å². The average Bonchev–Trinajstić information content (AvgIpc) is 2.11. The van der Waals surface area contributed by atoms with Crippen molar-refractivity contribution >= 4 is 29.2 Å². The van der Waals surface area contributed by atoms with Crippen LogP contribution in [0.1, 0.15) is 13.8 Å². The first kappa shape index (κ1) is 12.3. The van der Waals surface area contributed by atoms with Crippen LogP contribution >= 0.6 is 11.6 Å². The normalized spacial score (nSPS) is 9.69. The maximum Gasteiger partial charge on any atom is 0.308 e. The van der Waals surface area contributed by atoms with E-state index in [1.807, 2.05) is 0 Å². The highest BCUT2D eigenvalue weighted by atomic mass is 35.5. The number of nitrogens with one attached hydrogen (secondary N) is 1. The number of ether oxygens (including phenoxy) is 1.